The standard InChI is InChI=1S/C25H25FN8O4S/c1-24(2,3)38-23(37)31-22-32-25(4,11-18-33-39-10-9-19(35)34(18)22)20-15(26)6-8-17(29-20)30-21(36)16-7-5-14(12-27)13-28-16/h5-8,13H,9-11H2,1-4H3,(H,29,30,36)(H,31,32,37)/t25-/m1/s1. The number of nitriles is 1. The number of nitrogens with one attached hydrogen (secondary N) is 2. The van der Waals surface area contributed by atoms with E-state index in [1.54, 1.807) is 27.7 Å². The monoisotopic (exact) mass is 552 g/mol. The van der Waals surface area contributed by atoms with Crippen molar-refractivity contribution in [1.29, 1.82) is 5.26 Å². The number of carbonyl (C=O) groups excluding carboxylic acids is 3. The molecule has 0 saturated carbocycles. The van der Waals surface area contributed by atoms with Crippen LogP contribution in [0.25, 0.3) is 0 Å². The molecule has 2 aromatic heterocycles. The van der Waals surface area contributed by atoms with E-state index in [1.807, 2.05) is 6.07 Å². The number of amidine groups is 1. The van der Waals surface area contributed by atoms with E-state index in [0.29, 0.717) is 11.3 Å². The summed E-state index contributed by atoms with van der Waals surface area (Å²) in [5, 5.41) is 14.0. The van der Waals surface area contributed by atoms with Crippen LogP contribution in [0.4, 0.5) is 15.0 Å². The molecule has 3 amide bonds. The number of aromatic nitrogens is 2. The van der Waals surface area contributed by atoms with Gasteiger partial charge in [-0.1, -0.05) is 0 Å². The lowest BCUT2D eigenvalue weighted by atomic mass is 9.90. The zero-order valence-electron chi connectivity index (χ0n) is 21.6. The van der Waals surface area contributed by atoms with Crippen molar-refractivity contribution in [2.24, 2.45) is 9.39 Å². The van der Waals surface area contributed by atoms with Gasteiger partial charge < -0.3 is 10.1 Å². The Morgan fingerprint density at radius 3 is 2.67 bits per heavy atom. The van der Waals surface area contributed by atoms with Crippen molar-refractivity contribution in [3.8, 4) is 6.07 Å². The van der Waals surface area contributed by atoms with Crippen LogP contribution >= 0.6 is 11.9 Å². The number of guanidine groups is 1. The number of halogens is 1. The van der Waals surface area contributed by atoms with Crippen LogP contribution in [0.5, 0.6) is 0 Å². The maximum absolute atomic E-state index is 15.2. The maximum Gasteiger partial charge on any atom is 0.414 e. The van der Waals surface area contributed by atoms with Crippen molar-refractivity contribution in [1.82, 2.24) is 20.2 Å². The molecule has 0 aromatic carbocycles. The Kier molecular flexibility index (Phi) is 7.64. The fourth-order valence-corrected chi connectivity index (χ4v) is 4.46. The first-order chi connectivity index (χ1) is 18.4. The Balaban J connectivity index is 1.70. The summed E-state index contributed by atoms with van der Waals surface area (Å²) in [5.74, 6) is -1.11. The predicted octanol–water partition coefficient (Wildman–Crippen LogP) is 3.52. The van der Waals surface area contributed by atoms with Gasteiger partial charge in [0, 0.05) is 24.8 Å². The lowest BCUT2D eigenvalue weighted by molar-refractivity contribution is -0.124. The van der Waals surface area contributed by atoms with E-state index in [0.717, 1.165) is 6.07 Å². The lowest BCUT2D eigenvalue weighted by Gasteiger charge is -2.37. The fraction of sp³-hybridized carbons (Fsp3) is 0.360. The number of pyridine rings is 2. The topological polar surface area (TPSA) is 162 Å². The van der Waals surface area contributed by atoms with Crippen LogP contribution in [-0.2, 0) is 15.1 Å². The molecule has 202 valence electrons. The third-order valence-corrected chi connectivity index (χ3v) is 6.21. The summed E-state index contributed by atoms with van der Waals surface area (Å²) in [6.07, 6.45) is 0.553. The molecule has 14 heteroatoms. The first-order valence-corrected chi connectivity index (χ1v) is 12.8. The van der Waals surface area contributed by atoms with E-state index < -0.39 is 29.0 Å². The number of rotatable bonds is 3. The van der Waals surface area contributed by atoms with Gasteiger partial charge in [-0.25, -0.2) is 33.4 Å². The maximum atomic E-state index is 15.2. The van der Waals surface area contributed by atoms with Gasteiger partial charge in [0.25, 0.3) is 5.91 Å². The number of fused-ring (bicyclic) bond motifs is 1. The van der Waals surface area contributed by atoms with E-state index in [2.05, 4.69) is 30.0 Å². The zero-order chi connectivity index (χ0) is 28.4. The highest BCUT2D eigenvalue weighted by Gasteiger charge is 2.43. The zero-order valence-corrected chi connectivity index (χ0v) is 22.4. The highest BCUT2D eigenvalue weighted by Crippen LogP contribution is 2.36. The molecule has 2 aromatic rings. The third kappa shape index (κ3) is 6.37. The summed E-state index contributed by atoms with van der Waals surface area (Å²) in [5.41, 5.74) is -2.04. The number of amides is 3. The minimum Gasteiger partial charge on any atom is -0.444 e. The van der Waals surface area contributed by atoms with Gasteiger partial charge in [-0.05, 0) is 63.9 Å². The van der Waals surface area contributed by atoms with Gasteiger partial charge >= 0.3 is 6.09 Å². The molecule has 0 radical (unpaired) electrons. The van der Waals surface area contributed by atoms with Gasteiger partial charge in [0.2, 0.25) is 11.9 Å². The number of aliphatic imine (C=N–C) groups is 1. The molecule has 0 bridgehead atoms. The minimum atomic E-state index is -1.41. The number of anilines is 1. The molecular formula is C25H25FN8O4S. The first-order valence-electron chi connectivity index (χ1n) is 11.8. The molecule has 0 unspecified atom stereocenters. The molecule has 1 atom stereocenters. The van der Waals surface area contributed by atoms with Crippen LogP contribution in [0.3, 0.4) is 0 Å². The van der Waals surface area contributed by atoms with Crippen molar-refractivity contribution in [3.63, 3.8) is 0 Å². The minimum absolute atomic E-state index is 0.0102. The second-order valence-electron chi connectivity index (χ2n) is 9.86. The Morgan fingerprint density at radius 2 is 2.00 bits per heavy atom. The van der Waals surface area contributed by atoms with Gasteiger partial charge in [-0.3, -0.25) is 14.9 Å². The first kappa shape index (κ1) is 27.6. The Bertz CT molecular complexity index is 1430. The Morgan fingerprint density at radius 1 is 1.23 bits per heavy atom. The number of nitrogens with zero attached hydrogens (tertiary/aromatic N) is 6. The van der Waals surface area contributed by atoms with Crippen molar-refractivity contribution < 1.29 is 23.5 Å². The van der Waals surface area contributed by atoms with Crippen LogP contribution in [0.1, 0.15) is 62.3 Å². The second-order valence-corrected chi connectivity index (χ2v) is 10.7. The highest BCUT2D eigenvalue weighted by molar-refractivity contribution is 7.98. The van der Waals surface area contributed by atoms with E-state index >= 15 is 4.39 Å². The van der Waals surface area contributed by atoms with Gasteiger partial charge in [0.15, 0.2) is 0 Å². The second kappa shape index (κ2) is 10.8. The van der Waals surface area contributed by atoms with Gasteiger partial charge in [0.05, 0.1) is 5.56 Å². The lowest BCUT2D eigenvalue weighted by Crippen LogP contribution is -2.55. The predicted molar refractivity (Wildman–Crippen MR) is 141 cm³/mol. The normalized spacial score (nSPS) is 19.1. The summed E-state index contributed by atoms with van der Waals surface area (Å²) in [6.45, 7) is 6.65. The molecule has 0 fully saturated rings. The summed E-state index contributed by atoms with van der Waals surface area (Å²) in [6, 6.07) is 7.16. The molecule has 4 rings (SSSR count). The molecule has 2 aliphatic heterocycles. The molecular weight excluding hydrogens is 527 g/mol. The smallest absolute Gasteiger partial charge is 0.414 e. The number of ether oxygens (including phenoxy) is 1. The van der Waals surface area contributed by atoms with Crippen molar-refractivity contribution in [3.05, 3.63) is 53.2 Å². The van der Waals surface area contributed by atoms with E-state index in [1.165, 1.54) is 41.2 Å². The van der Waals surface area contributed by atoms with Crippen molar-refractivity contribution >= 4 is 47.5 Å². The van der Waals surface area contributed by atoms with E-state index in [4.69, 9.17) is 10.00 Å². The molecule has 2 aliphatic rings. The van der Waals surface area contributed by atoms with Crippen molar-refractivity contribution in [2.45, 2.75) is 51.7 Å². The molecule has 12 nitrogen and oxygen atoms in total. The van der Waals surface area contributed by atoms with Crippen LogP contribution in [0.15, 0.2) is 39.9 Å². The molecule has 4 heterocycles. The number of hydrogen-bond acceptors (Lipinski definition) is 10. The largest absolute Gasteiger partial charge is 0.444 e. The summed E-state index contributed by atoms with van der Waals surface area (Å²) >= 11 is 1.18. The van der Waals surface area contributed by atoms with E-state index in [-0.39, 0.29) is 47.7 Å². The SMILES string of the molecule is CC(C)(C)OC(=O)NC1=N[C@@](C)(c2nc(NC(=O)c3ccc(C#N)cn3)ccc2F)CC2=NSCCC(=O)N21. The molecule has 0 aliphatic carbocycles. The summed E-state index contributed by atoms with van der Waals surface area (Å²) < 4.78 is 25.0. The molecule has 39 heavy (non-hydrogen) atoms. The van der Waals surface area contributed by atoms with Crippen molar-refractivity contribution in [2.75, 3.05) is 11.1 Å². The highest BCUT2D eigenvalue weighted by atomic mass is 32.2. The van der Waals surface area contributed by atoms with Gasteiger partial charge in [-0.15, -0.1) is 0 Å². The average Bonchev–Trinajstić information content (AvgIpc) is 3.04. The average molecular weight is 553 g/mol. The molecule has 2 N–H and O–H groups in total. The van der Waals surface area contributed by atoms with Crippen LogP contribution < -0.4 is 10.6 Å². The number of hydrogen-bond donors (Lipinski definition) is 2. The summed E-state index contributed by atoms with van der Waals surface area (Å²) in [7, 11) is 0. The quantitative estimate of drug-likeness (QED) is 0.547. The molecule has 0 spiro atoms. The van der Waals surface area contributed by atoms with Crippen LogP contribution in [-0.4, -0.2) is 55.9 Å². The van der Waals surface area contributed by atoms with Crippen LogP contribution in [0, 0.1) is 17.1 Å². The third-order valence-electron chi connectivity index (χ3n) is 5.49. The Hall–Kier alpha value is -4.38. The number of carbonyl (C=O) groups is 3. The van der Waals surface area contributed by atoms with Gasteiger partial charge in [0.1, 0.15) is 46.1 Å². The number of alkyl carbamates (subject to hydrolysis) is 1. The van der Waals surface area contributed by atoms with Crippen LogP contribution in [0.2, 0.25) is 0 Å². The van der Waals surface area contributed by atoms with Gasteiger partial charge in [-0.2, -0.15) is 5.26 Å². The molecule has 0 saturated heterocycles. The fourth-order valence-electron chi connectivity index (χ4n) is 3.81. The summed E-state index contributed by atoms with van der Waals surface area (Å²) in [4.78, 5) is 52.2. The van der Waals surface area contributed by atoms with E-state index in [9.17, 15) is 14.4 Å². The Labute approximate surface area is 227 Å².